The average Bonchev–Trinajstić information content (AvgIpc) is 2.74. The summed E-state index contributed by atoms with van der Waals surface area (Å²) in [5.74, 6) is 0.682. The molecule has 4 N–H and O–H groups in total. The number of nitrogens with one attached hydrogen (secondary N) is 1. The molecule has 0 aliphatic carbocycles. The molecule has 0 spiro atoms. The van der Waals surface area contributed by atoms with Crippen LogP contribution < -0.4 is 5.43 Å². The Morgan fingerprint density at radius 1 is 0.794 bits per heavy atom. The number of hydrazone groups is 1. The fraction of sp³-hybridized carbons (Fsp3) is 0.286. The van der Waals surface area contributed by atoms with Crippen molar-refractivity contribution in [2.24, 2.45) is 10.1 Å². The maximum Gasteiger partial charge on any atom is 0.154 e. The topological polar surface area (TPSA) is 97.4 Å². The van der Waals surface area contributed by atoms with E-state index in [1.807, 2.05) is 42.5 Å². The Morgan fingerprint density at radius 2 is 1.38 bits per heavy atom. The van der Waals surface area contributed by atoms with Crippen molar-refractivity contribution in [1.82, 2.24) is 5.43 Å². The van der Waals surface area contributed by atoms with Crippen LogP contribution in [0.5, 0.6) is 17.2 Å². The third kappa shape index (κ3) is 5.95. The Balaban J connectivity index is 2.13. The Hall–Kier alpha value is -3.80. The lowest BCUT2D eigenvalue weighted by Gasteiger charge is -2.28. The molecule has 34 heavy (non-hydrogen) atoms. The molecular formula is C28H33N3O3. The van der Waals surface area contributed by atoms with Crippen molar-refractivity contribution in [2.75, 3.05) is 0 Å². The minimum atomic E-state index is -0.293. The van der Waals surface area contributed by atoms with Gasteiger partial charge in [-0.3, -0.25) is 5.43 Å². The van der Waals surface area contributed by atoms with E-state index in [0.717, 1.165) is 22.4 Å². The Bertz CT molecular complexity index is 1180. The van der Waals surface area contributed by atoms with E-state index in [2.05, 4.69) is 52.1 Å². The van der Waals surface area contributed by atoms with Crippen LogP contribution in [-0.4, -0.2) is 27.4 Å². The lowest BCUT2D eigenvalue weighted by Crippen LogP contribution is -2.23. The smallest absolute Gasteiger partial charge is 0.154 e. The van der Waals surface area contributed by atoms with Gasteiger partial charge in [0.1, 0.15) is 17.2 Å². The molecule has 0 unspecified atom stereocenters. The SMILES string of the molecule is CC(C)(C)c1cc(C(=Nc2ccccc2)NN=Cc2ccc(O)cc2O)cc(C(C)(C)C)c1O. The molecule has 3 aromatic rings. The molecule has 0 aliphatic heterocycles. The van der Waals surface area contributed by atoms with Gasteiger partial charge in [0.25, 0.3) is 0 Å². The van der Waals surface area contributed by atoms with E-state index in [4.69, 9.17) is 4.99 Å². The molecule has 0 aromatic heterocycles. The number of phenols is 3. The Labute approximate surface area is 201 Å². The molecule has 3 rings (SSSR count). The van der Waals surface area contributed by atoms with Gasteiger partial charge in [-0.25, -0.2) is 4.99 Å². The van der Waals surface area contributed by atoms with Gasteiger partial charge in [-0.15, -0.1) is 0 Å². The first kappa shape index (κ1) is 24.8. The fourth-order valence-electron chi connectivity index (χ4n) is 3.50. The van der Waals surface area contributed by atoms with Gasteiger partial charge < -0.3 is 15.3 Å². The van der Waals surface area contributed by atoms with E-state index in [9.17, 15) is 15.3 Å². The molecule has 3 aromatic carbocycles. The highest BCUT2D eigenvalue weighted by molar-refractivity contribution is 6.01. The number of benzene rings is 3. The number of amidine groups is 1. The average molecular weight is 460 g/mol. The quantitative estimate of drug-likeness (QED) is 0.215. The molecule has 0 saturated carbocycles. The molecule has 0 heterocycles. The maximum atomic E-state index is 11.1. The van der Waals surface area contributed by atoms with Gasteiger partial charge in [-0.2, -0.15) is 5.10 Å². The van der Waals surface area contributed by atoms with Crippen molar-refractivity contribution in [3.63, 3.8) is 0 Å². The van der Waals surface area contributed by atoms with Crippen molar-refractivity contribution in [1.29, 1.82) is 0 Å². The summed E-state index contributed by atoms with van der Waals surface area (Å²) in [5.41, 5.74) is 6.04. The molecule has 6 nitrogen and oxygen atoms in total. The molecule has 0 saturated heterocycles. The van der Waals surface area contributed by atoms with E-state index in [0.29, 0.717) is 17.1 Å². The lowest BCUT2D eigenvalue weighted by molar-refractivity contribution is 0.423. The number of aliphatic imine (C=N–C) groups is 1. The first-order valence-electron chi connectivity index (χ1n) is 11.2. The number of rotatable bonds is 4. The van der Waals surface area contributed by atoms with Gasteiger partial charge in [0.2, 0.25) is 0 Å². The highest BCUT2D eigenvalue weighted by Crippen LogP contribution is 2.40. The van der Waals surface area contributed by atoms with Crippen molar-refractivity contribution < 1.29 is 15.3 Å². The maximum absolute atomic E-state index is 11.1. The van der Waals surface area contributed by atoms with Crippen LogP contribution in [0.25, 0.3) is 0 Å². The van der Waals surface area contributed by atoms with E-state index in [1.165, 1.54) is 18.3 Å². The van der Waals surface area contributed by atoms with Crippen molar-refractivity contribution in [2.45, 2.75) is 52.4 Å². The predicted molar refractivity (Wildman–Crippen MR) is 139 cm³/mol. The van der Waals surface area contributed by atoms with Crippen LogP contribution in [-0.2, 0) is 10.8 Å². The second kappa shape index (κ2) is 9.59. The minimum Gasteiger partial charge on any atom is -0.508 e. The van der Waals surface area contributed by atoms with Crippen LogP contribution in [0, 0.1) is 0 Å². The van der Waals surface area contributed by atoms with Crippen LogP contribution in [0.15, 0.2) is 70.8 Å². The molecular weight excluding hydrogens is 426 g/mol. The first-order chi connectivity index (χ1) is 15.9. The summed E-state index contributed by atoms with van der Waals surface area (Å²) < 4.78 is 0. The standard InChI is InChI=1S/C28H33N3O3/c1-27(2,3)22-14-19(15-23(25(22)34)28(4,5)6)26(30-20-10-8-7-9-11-20)31-29-17-18-12-13-21(32)16-24(18)33/h7-17,32-34H,1-6H3,(H,30,31). The van der Waals surface area contributed by atoms with Gasteiger partial charge in [0, 0.05) is 28.3 Å². The summed E-state index contributed by atoms with van der Waals surface area (Å²) in [7, 11) is 0. The van der Waals surface area contributed by atoms with E-state index in [1.54, 1.807) is 6.07 Å². The number of nitrogens with zero attached hydrogens (tertiary/aromatic N) is 2. The second-order valence-electron chi connectivity index (χ2n) is 10.3. The lowest BCUT2D eigenvalue weighted by atomic mass is 9.78. The third-order valence-electron chi connectivity index (χ3n) is 5.38. The zero-order chi connectivity index (χ0) is 25.1. The number of aromatic hydroxyl groups is 3. The van der Waals surface area contributed by atoms with E-state index in [-0.39, 0.29) is 22.3 Å². The van der Waals surface area contributed by atoms with Gasteiger partial charge in [-0.1, -0.05) is 59.7 Å². The molecule has 0 fully saturated rings. The Kier molecular flexibility index (Phi) is 7.01. The molecule has 0 bridgehead atoms. The van der Waals surface area contributed by atoms with Crippen LogP contribution in [0.1, 0.15) is 63.8 Å². The number of phenolic OH excluding ortho intramolecular Hbond substituents is 3. The molecule has 0 atom stereocenters. The predicted octanol–water partition coefficient (Wildman–Crippen LogP) is 6.10. The van der Waals surface area contributed by atoms with Crippen molar-refractivity contribution in [3.8, 4) is 17.2 Å². The van der Waals surface area contributed by atoms with E-state index < -0.39 is 0 Å². The van der Waals surface area contributed by atoms with E-state index >= 15 is 0 Å². The normalized spacial score (nSPS) is 12.8. The molecule has 0 aliphatic rings. The highest BCUT2D eigenvalue weighted by atomic mass is 16.3. The number of para-hydroxylation sites is 1. The van der Waals surface area contributed by atoms with Gasteiger partial charge in [0.15, 0.2) is 5.84 Å². The summed E-state index contributed by atoms with van der Waals surface area (Å²) >= 11 is 0. The van der Waals surface area contributed by atoms with Gasteiger partial charge in [0.05, 0.1) is 11.9 Å². The molecule has 0 amide bonds. The molecule has 6 heteroatoms. The number of hydrogen-bond acceptors (Lipinski definition) is 5. The van der Waals surface area contributed by atoms with Crippen LogP contribution in [0.4, 0.5) is 5.69 Å². The van der Waals surface area contributed by atoms with Crippen molar-refractivity contribution >= 4 is 17.7 Å². The first-order valence-corrected chi connectivity index (χ1v) is 11.2. The summed E-state index contributed by atoms with van der Waals surface area (Å²) in [4.78, 5) is 4.78. The second-order valence-corrected chi connectivity index (χ2v) is 10.3. The summed E-state index contributed by atoms with van der Waals surface area (Å²) in [6.07, 6.45) is 1.46. The summed E-state index contributed by atoms with van der Waals surface area (Å²) in [6, 6.07) is 17.7. The summed E-state index contributed by atoms with van der Waals surface area (Å²) in [5, 5.41) is 35.0. The zero-order valence-electron chi connectivity index (χ0n) is 20.6. The molecule has 0 radical (unpaired) electrons. The fourth-order valence-corrected chi connectivity index (χ4v) is 3.50. The third-order valence-corrected chi connectivity index (χ3v) is 5.38. The molecule has 178 valence electrons. The van der Waals surface area contributed by atoms with Gasteiger partial charge in [-0.05, 0) is 47.2 Å². The van der Waals surface area contributed by atoms with Crippen LogP contribution in [0.2, 0.25) is 0 Å². The summed E-state index contributed by atoms with van der Waals surface area (Å²) in [6.45, 7) is 12.4. The Morgan fingerprint density at radius 3 is 1.91 bits per heavy atom. The van der Waals surface area contributed by atoms with Crippen LogP contribution in [0.3, 0.4) is 0 Å². The van der Waals surface area contributed by atoms with Crippen LogP contribution >= 0.6 is 0 Å². The zero-order valence-corrected chi connectivity index (χ0v) is 20.6. The largest absolute Gasteiger partial charge is 0.508 e. The van der Waals surface area contributed by atoms with Crippen molar-refractivity contribution in [3.05, 3.63) is 82.9 Å². The highest BCUT2D eigenvalue weighted by Gasteiger charge is 2.27. The van der Waals surface area contributed by atoms with Gasteiger partial charge >= 0.3 is 0 Å². The minimum absolute atomic E-state index is 0.0255. The number of hydrogen-bond donors (Lipinski definition) is 4. The monoisotopic (exact) mass is 459 g/mol.